The van der Waals surface area contributed by atoms with Crippen molar-refractivity contribution in [2.24, 2.45) is 11.8 Å². The predicted octanol–water partition coefficient (Wildman–Crippen LogP) is 4.64. The smallest absolute Gasteiger partial charge is 0.243 e. The molecule has 0 bridgehead atoms. The SMILES string of the molecule is N#Cc1ccc(CNC(=O)[C@H](Nc2cc(-n3cccc3)nc(NCC3CC3)n2)C2CCCCC2)cc1. The van der Waals surface area contributed by atoms with Crippen molar-refractivity contribution in [3.8, 4) is 11.9 Å². The second-order valence-corrected chi connectivity index (χ2v) is 9.90. The number of carbonyl (C=O) groups is 1. The number of benzene rings is 1. The standard InChI is InChI=1S/C28H33N7O/c29-17-20-8-10-21(11-9-20)18-30-27(36)26(23-6-2-1-3-7-23)32-24-16-25(35-14-4-5-15-35)34-28(33-24)31-19-22-12-13-22/h4-5,8-11,14-16,22-23,26H,1-3,6-7,12-13,18-19H2,(H,30,36)(H2,31,32,33,34)/t26-/m1/s1. The van der Waals surface area contributed by atoms with Gasteiger partial charge in [0.05, 0.1) is 11.6 Å². The molecule has 3 aromatic rings. The van der Waals surface area contributed by atoms with Gasteiger partial charge in [-0.3, -0.25) is 4.79 Å². The Balaban J connectivity index is 1.35. The molecule has 5 rings (SSSR count). The van der Waals surface area contributed by atoms with E-state index in [9.17, 15) is 4.79 Å². The van der Waals surface area contributed by atoms with Gasteiger partial charge in [-0.25, -0.2) is 0 Å². The number of aromatic nitrogens is 3. The van der Waals surface area contributed by atoms with Crippen LogP contribution in [0.15, 0.2) is 54.9 Å². The molecule has 186 valence electrons. The molecular formula is C28H33N7O. The van der Waals surface area contributed by atoms with Gasteiger partial charge in [0.1, 0.15) is 17.7 Å². The third kappa shape index (κ3) is 6.22. The monoisotopic (exact) mass is 483 g/mol. The van der Waals surface area contributed by atoms with E-state index < -0.39 is 0 Å². The number of amides is 1. The van der Waals surface area contributed by atoms with Gasteiger partial charge in [-0.1, -0.05) is 31.4 Å². The average molecular weight is 484 g/mol. The van der Waals surface area contributed by atoms with Crippen LogP contribution in [0.25, 0.3) is 5.82 Å². The first-order chi connectivity index (χ1) is 17.7. The van der Waals surface area contributed by atoms with Gasteiger partial charge in [-0.15, -0.1) is 0 Å². The second-order valence-electron chi connectivity index (χ2n) is 9.90. The van der Waals surface area contributed by atoms with Gasteiger partial charge in [0, 0.05) is 31.5 Å². The first-order valence-electron chi connectivity index (χ1n) is 13.0. The maximum absolute atomic E-state index is 13.5. The van der Waals surface area contributed by atoms with Crippen molar-refractivity contribution in [3.63, 3.8) is 0 Å². The summed E-state index contributed by atoms with van der Waals surface area (Å²) in [6.45, 7) is 1.29. The fourth-order valence-corrected chi connectivity index (χ4v) is 4.79. The molecule has 8 heteroatoms. The fourth-order valence-electron chi connectivity index (χ4n) is 4.79. The molecule has 0 spiro atoms. The Hall–Kier alpha value is -3.86. The first kappa shape index (κ1) is 23.9. The molecule has 8 nitrogen and oxygen atoms in total. The summed E-state index contributed by atoms with van der Waals surface area (Å²) in [6, 6.07) is 14.9. The number of nitrogens with one attached hydrogen (secondary N) is 3. The zero-order valence-corrected chi connectivity index (χ0v) is 20.5. The van der Waals surface area contributed by atoms with E-state index in [0.717, 1.165) is 43.6 Å². The predicted molar refractivity (Wildman–Crippen MR) is 140 cm³/mol. The molecule has 2 saturated carbocycles. The summed E-state index contributed by atoms with van der Waals surface area (Å²) in [7, 11) is 0. The minimum atomic E-state index is -0.382. The van der Waals surface area contributed by atoms with Crippen molar-refractivity contribution in [2.75, 3.05) is 17.2 Å². The highest BCUT2D eigenvalue weighted by molar-refractivity contribution is 5.84. The molecule has 3 N–H and O–H groups in total. The van der Waals surface area contributed by atoms with Crippen LogP contribution in [0.1, 0.15) is 56.1 Å². The summed E-state index contributed by atoms with van der Waals surface area (Å²) in [5.41, 5.74) is 1.58. The van der Waals surface area contributed by atoms with Crippen LogP contribution in [0.2, 0.25) is 0 Å². The summed E-state index contributed by atoms with van der Waals surface area (Å²) in [4.78, 5) is 22.9. The van der Waals surface area contributed by atoms with Gasteiger partial charge in [-0.05, 0) is 67.3 Å². The van der Waals surface area contributed by atoms with Crippen molar-refractivity contribution < 1.29 is 4.79 Å². The lowest BCUT2D eigenvalue weighted by Crippen LogP contribution is -2.45. The van der Waals surface area contributed by atoms with Crippen LogP contribution in [0.4, 0.5) is 11.8 Å². The molecule has 2 aliphatic rings. The number of nitriles is 1. The maximum atomic E-state index is 13.5. The van der Waals surface area contributed by atoms with Crippen LogP contribution in [-0.2, 0) is 11.3 Å². The lowest BCUT2D eigenvalue weighted by molar-refractivity contribution is -0.123. The van der Waals surface area contributed by atoms with Crippen molar-refractivity contribution in [1.29, 1.82) is 5.26 Å². The highest BCUT2D eigenvalue weighted by Crippen LogP contribution is 2.30. The number of nitrogens with zero attached hydrogens (tertiary/aromatic N) is 4. The third-order valence-corrected chi connectivity index (χ3v) is 7.08. The Kier molecular flexibility index (Phi) is 7.46. The van der Waals surface area contributed by atoms with Crippen LogP contribution in [0.3, 0.4) is 0 Å². The summed E-state index contributed by atoms with van der Waals surface area (Å²) in [5, 5.41) is 19.0. The molecule has 36 heavy (non-hydrogen) atoms. The van der Waals surface area contributed by atoms with Crippen molar-refractivity contribution in [2.45, 2.75) is 57.5 Å². The van der Waals surface area contributed by atoms with Gasteiger partial charge in [0.15, 0.2) is 0 Å². The summed E-state index contributed by atoms with van der Waals surface area (Å²) in [6.07, 6.45) is 11.9. The average Bonchev–Trinajstić information content (AvgIpc) is 3.60. The third-order valence-electron chi connectivity index (χ3n) is 7.08. The normalized spacial score (nSPS) is 16.6. The fraction of sp³-hybridized carbons (Fsp3) is 0.429. The van der Waals surface area contributed by atoms with Crippen LogP contribution in [-0.4, -0.2) is 33.0 Å². The second kappa shape index (κ2) is 11.3. The molecule has 2 fully saturated rings. The van der Waals surface area contributed by atoms with E-state index in [1.54, 1.807) is 12.1 Å². The molecule has 2 heterocycles. The van der Waals surface area contributed by atoms with Crippen LogP contribution in [0, 0.1) is 23.2 Å². The number of hydrogen-bond donors (Lipinski definition) is 3. The van der Waals surface area contributed by atoms with Crippen molar-refractivity contribution in [1.82, 2.24) is 19.9 Å². The molecule has 0 saturated heterocycles. The lowest BCUT2D eigenvalue weighted by Gasteiger charge is -2.30. The van der Waals surface area contributed by atoms with Gasteiger partial charge >= 0.3 is 0 Å². The first-order valence-corrected chi connectivity index (χ1v) is 13.0. The van der Waals surface area contributed by atoms with Gasteiger partial charge in [0.25, 0.3) is 0 Å². The minimum Gasteiger partial charge on any atom is -0.358 e. The molecule has 2 aliphatic carbocycles. The van der Waals surface area contributed by atoms with E-state index in [-0.39, 0.29) is 17.9 Å². The molecule has 0 aliphatic heterocycles. The van der Waals surface area contributed by atoms with E-state index >= 15 is 0 Å². The van der Waals surface area contributed by atoms with Gasteiger partial charge in [-0.2, -0.15) is 15.2 Å². The summed E-state index contributed by atoms with van der Waals surface area (Å²) in [5.74, 6) is 2.90. The number of rotatable bonds is 10. The van der Waals surface area contributed by atoms with Crippen LogP contribution in [0.5, 0.6) is 0 Å². The lowest BCUT2D eigenvalue weighted by atomic mass is 9.83. The molecule has 0 unspecified atom stereocenters. The highest BCUT2D eigenvalue weighted by Gasteiger charge is 2.30. The number of anilines is 2. The molecule has 1 aromatic carbocycles. The Bertz CT molecular complexity index is 1190. The Labute approximate surface area is 212 Å². The molecule has 1 amide bonds. The molecule has 0 radical (unpaired) electrons. The minimum absolute atomic E-state index is 0.0279. The van der Waals surface area contributed by atoms with E-state index in [1.165, 1.54) is 19.3 Å². The van der Waals surface area contributed by atoms with E-state index in [1.807, 2.05) is 47.3 Å². The van der Waals surface area contributed by atoms with E-state index in [2.05, 4.69) is 22.0 Å². The largest absolute Gasteiger partial charge is 0.358 e. The quantitative estimate of drug-likeness (QED) is 0.388. The highest BCUT2D eigenvalue weighted by atomic mass is 16.2. The molecular weight excluding hydrogens is 450 g/mol. The van der Waals surface area contributed by atoms with Crippen molar-refractivity contribution >= 4 is 17.7 Å². The number of hydrogen-bond acceptors (Lipinski definition) is 6. The van der Waals surface area contributed by atoms with E-state index in [4.69, 9.17) is 15.2 Å². The zero-order chi connectivity index (χ0) is 24.7. The summed E-state index contributed by atoms with van der Waals surface area (Å²) < 4.78 is 1.95. The summed E-state index contributed by atoms with van der Waals surface area (Å²) >= 11 is 0. The van der Waals surface area contributed by atoms with Gasteiger partial charge < -0.3 is 20.5 Å². The van der Waals surface area contributed by atoms with Gasteiger partial charge in [0.2, 0.25) is 11.9 Å². The van der Waals surface area contributed by atoms with E-state index in [0.29, 0.717) is 29.8 Å². The Morgan fingerprint density at radius 1 is 1.06 bits per heavy atom. The Morgan fingerprint density at radius 2 is 1.81 bits per heavy atom. The Morgan fingerprint density at radius 3 is 2.50 bits per heavy atom. The zero-order valence-electron chi connectivity index (χ0n) is 20.5. The topological polar surface area (TPSA) is 108 Å². The van der Waals surface area contributed by atoms with Crippen LogP contribution < -0.4 is 16.0 Å². The molecule has 2 aromatic heterocycles. The maximum Gasteiger partial charge on any atom is 0.243 e. The van der Waals surface area contributed by atoms with Crippen LogP contribution >= 0.6 is 0 Å². The van der Waals surface area contributed by atoms with Crippen molar-refractivity contribution in [3.05, 3.63) is 66.0 Å². The molecule has 1 atom stereocenters. The number of carbonyl (C=O) groups excluding carboxylic acids is 1.